The summed E-state index contributed by atoms with van der Waals surface area (Å²) in [7, 11) is 0. The molecule has 0 fully saturated rings. The molecule has 0 spiro atoms. The number of nitrogens with zero attached hydrogens (tertiary/aromatic N) is 2. The lowest BCUT2D eigenvalue weighted by Crippen LogP contribution is -1.93. The van der Waals surface area contributed by atoms with E-state index in [1.165, 1.54) is 6.42 Å². The molecule has 2 heteroatoms. The molecule has 0 N–H and O–H groups in total. The average Bonchev–Trinajstić information content (AvgIpc) is 2.52. The zero-order valence-electron chi connectivity index (χ0n) is 8.04. The molecule has 1 rings (SSSR count). The maximum absolute atomic E-state index is 8.47. The number of aryl methyl sites for hydroxylation is 1. The maximum atomic E-state index is 8.47. The van der Waals surface area contributed by atoms with Gasteiger partial charge in [-0.25, -0.2) is 0 Å². The molecule has 0 bridgehead atoms. The second kappa shape index (κ2) is 6.48. The molecule has 1 heterocycles. The van der Waals surface area contributed by atoms with E-state index in [0.29, 0.717) is 0 Å². The van der Waals surface area contributed by atoms with Gasteiger partial charge in [0.2, 0.25) is 0 Å². The summed E-state index contributed by atoms with van der Waals surface area (Å²) in [5.74, 6) is 0. The first-order valence-corrected chi connectivity index (χ1v) is 4.35. The minimum atomic E-state index is 0.734. The molecule has 0 radical (unpaired) electrons. The monoisotopic (exact) mass is 164 g/mol. The molecule has 0 saturated heterocycles. The van der Waals surface area contributed by atoms with Gasteiger partial charge in [-0.05, 0) is 19.1 Å². The van der Waals surface area contributed by atoms with E-state index in [4.69, 9.17) is 5.26 Å². The van der Waals surface area contributed by atoms with E-state index in [2.05, 4.69) is 19.9 Å². The lowest BCUT2D eigenvalue weighted by atomic mass is 10.5. The molecule has 0 aromatic carbocycles. The van der Waals surface area contributed by atoms with Crippen LogP contribution in [-0.2, 0) is 6.54 Å². The third kappa shape index (κ3) is 3.25. The third-order valence-electron chi connectivity index (χ3n) is 1.28. The van der Waals surface area contributed by atoms with Gasteiger partial charge >= 0.3 is 0 Å². The fourth-order valence-electron chi connectivity index (χ4n) is 0.791. The standard InChI is InChI=1S/C7H8N2.C3H8/c1-2-9-5-3-4-7(9)6-8;1-3-2/h3-5H,2H2,1H3;3H2,1-2H3. The predicted octanol–water partition coefficient (Wildman–Crippen LogP) is 2.80. The van der Waals surface area contributed by atoms with Gasteiger partial charge in [0.1, 0.15) is 11.8 Å². The highest BCUT2D eigenvalue weighted by molar-refractivity contribution is 5.21. The lowest BCUT2D eigenvalue weighted by molar-refractivity contribution is 0.758. The van der Waals surface area contributed by atoms with E-state index in [1.807, 2.05) is 29.8 Å². The Morgan fingerprint density at radius 2 is 2.00 bits per heavy atom. The normalized spacial score (nSPS) is 8.17. The molecule has 1 aromatic heterocycles. The van der Waals surface area contributed by atoms with E-state index in [9.17, 15) is 0 Å². The summed E-state index contributed by atoms with van der Waals surface area (Å²) >= 11 is 0. The zero-order chi connectivity index (χ0) is 9.40. The van der Waals surface area contributed by atoms with E-state index >= 15 is 0 Å². The van der Waals surface area contributed by atoms with Gasteiger partial charge in [-0.15, -0.1) is 0 Å². The number of hydrogen-bond donors (Lipinski definition) is 0. The number of aromatic nitrogens is 1. The van der Waals surface area contributed by atoms with Crippen molar-refractivity contribution in [2.24, 2.45) is 0 Å². The van der Waals surface area contributed by atoms with E-state index in [-0.39, 0.29) is 0 Å². The summed E-state index contributed by atoms with van der Waals surface area (Å²) in [5.41, 5.74) is 0.734. The molecule has 2 nitrogen and oxygen atoms in total. The molecule has 12 heavy (non-hydrogen) atoms. The van der Waals surface area contributed by atoms with Crippen LogP contribution in [0.1, 0.15) is 32.9 Å². The van der Waals surface area contributed by atoms with Crippen LogP contribution in [0.3, 0.4) is 0 Å². The van der Waals surface area contributed by atoms with Gasteiger partial charge in [0.15, 0.2) is 0 Å². The zero-order valence-corrected chi connectivity index (χ0v) is 8.04. The fourth-order valence-corrected chi connectivity index (χ4v) is 0.791. The van der Waals surface area contributed by atoms with Crippen molar-refractivity contribution in [3.8, 4) is 6.07 Å². The van der Waals surface area contributed by atoms with Crippen molar-refractivity contribution in [3.05, 3.63) is 24.0 Å². The first-order valence-electron chi connectivity index (χ1n) is 4.35. The highest BCUT2D eigenvalue weighted by Gasteiger charge is 1.92. The van der Waals surface area contributed by atoms with Crippen LogP contribution >= 0.6 is 0 Å². The SMILES string of the molecule is CCC.CCn1cccc1C#N. The van der Waals surface area contributed by atoms with Crippen LogP contribution in [0.4, 0.5) is 0 Å². The Labute approximate surface area is 74.4 Å². The van der Waals surface area contributed by atoms with Crippen LogP contribution in [0.15, 0.2) is 18.3 Å². The van der Waals surface area contributed by atoms with E-state index in [0.717, 1.165) is 12.2 Å². The molecule has 1 aromatic rings. The minimum absolute atomic E-state index is 0.734. The molecule has 0 atom stereocenters. The summed E-state index contributed by atoms with van der Waals surface area (Å²) in [5, 5.41) is 8.47. The van der Waals surface area contributed by atoms with Gasteiger partial charge < -0.3 is 4.57 Å². The smallest absolute Gasteiger partial charge is 0.120 e. The molecule has 0 amide bonds. The highest BCUT2D eigenvalue weighted by atomic mass is 14.9. The summed E-state index contributed by atoms with van der Waals surface area (Å²) in [6, 6.07) is 5.78. The summed E-state index contributed by atoms with van der Waals surface area (Å²) in [6.45, 7) is 7.14. The number of nitriles is 1. The Balaban J connectivity index is 0.000000354. The Morgan fingerprint density at radius 3 is 2.33 bits per heavy atom. The number of rotatable bonds is 1. The van der Waals surface area contributed by atoms with Crippen LogP contribution in [0.25, 0.3) is 0 Å². The second-order valence-corrected chi connectivity index (χ2v) is 2.50. The molecule has 0 saturated carbocycles. The Bertz CT molecular complexity index is 243. The summed E-state index contributed by atoms with van der Waals surface area (Å²) < 4.78 is 1.90. The minimum Gasteiger partial charge on any atom is -0.340 e. The molecule has 66 valence electrons. The van der Waals surface area contributed by atoms with Crippen LogP contribution in [0.2, 0.25) is 0 Å². The van der Waals surface area contributed by atoms with Crippen molar-refractivity contribution < 1.29 is 0 Å². The fraction of sp³-hybridized carbons (Fsp3) is 0.500. The van der Waals surface area contributed by atoms with Crippen molar-refractivity contribution in [3.63, 3.8) is 0 Å². The first kappa shape index (κ1) is 10.8. The van der Waals surface area contributed by atoms with Gasteiger partial charge in [0.25, 0.3) is 0 Å². The van der Waals surface area contributed by atoms with Crippen molar-refractivity contribution in [2.75, 3.05) is 0 Å². The van der Waals surface area contributed by atoms with Gasteiger partial charge in [-0.3, -0.25) is 0 Å². The molecular weight excluding hydrogens is 148 g/mol. The Morgan fingerprint density at radius 1 is 1.42 bits per heavy atom. The molecule has 0 aliphatic rings. The van der Waals surface area contributed by atoms with E-state index < -0.39 is 0 Å². The van der Waals surface area contributed by atoms with Crippen LogP contribution in [0, 0.1) is 11.3 Å². The molecule has 0 aliphatic carbocycles. The topological polar surface area (TPSA) is 28.7 Å². The quantitative estimate of drug-likeness (QED) is 0.627. The summed E-state index contributed by atoms with van der Waals surface area (Å²) in [4.78, 5) is 0. The van der Waals surface area contributed by atoms with Crippen LogP contribution in [0.5, 0.6) is 0 Å². The number of hydrogen-bond acceptors (Lipinski definition) is 1. The predicted molar refractivity (Wildman–Crippen MR) is 50.8 cm³/mol. The third-order valence-corrected chi connectivity index (χ3v) is 1.28. The second-order valence-electron chi connectivity index (χ2n) is 2.50. The average molecular weight is 164 g/mol. The Kier molecular flexibility index (Phi) is 5.81. The van der Waals surface area contributed by atoms with Crippen molar-refractivity contribution in [1.82, 2.24) is 4.57 Å². The lowest BCUT2D eigenvalue weighted by Gasteiger charge is -1.95. The van der Waals surface area contributed by atoms with E-state index in [1.54, 1.807) is 0 Å². The molecule has 0 unspecified atom stereocenters. The van der Waals surface area contributed by atoms with Gasteiger partial charge in [-0.2, -0.15) is 5.26 Å². The van der Waals surface area contributed by atoms with Crippen molar-refractivity contribution >= 4 is 0 Å². The van der Waals surface area contributed by atoms with Crippen LogP contribution in [-0.4, -0.2) is 4.57 Å². The molecular formula is C10H16N2. The first-order chi connectivity index (χ1) is 5.79. The highest BCUT2D eigenvalue weighted by Crippen LogP contribution is 1.98. The van der Waals surface area contributed by atoms with Gasteiger partial charge in [0, 0.05) is 12.7 Å². The van der Waals surface area contributed by atoms with Crippen molar-refractivity contribution in [2.45, 2.75) is 33.7 Å². The largest absolute Gasteiger partial charge is 0.340 e. The molecule has 0 aliphatic heterocycles. The van der Waals surface area contributed by atoms with Crippen LogP contribution < -0.4 is 0 Å². The van der Waals surface area contributed by atoms with Gasteiger partial charge in [-0.1, -0.05) is 20.3 Å². The maximum Gasteiger partial charge on any atom is 0.120 e. The Hall–Kier alpha value is -1.23. The summed E-state index contributed by atoms with van der Waals surface area (Å²) in [6.07, 6.45) is 3.15. The van der Waals surface area contributed by atoms with Crippen molar-refractivity contribution in [1.29, 1.82) is 5.26 Å². The van der Waals surface area contributed by atoms with Gasteiger partial charge in [0.05, 0.1) is 0 Å².